The van der Waals surface area contributed by atoms with Gasteiger partial charge in [-0.25, -0.2) is 0 Å². The molecule has 2 N–H and O–H groups in total. The smallest absolute Gasteiger partial charge is 0.358 e. The number of hydrogen-bond donors (Lipinski definition) is 2. The van der Waals surface area contributed by atoms with Crippen molar-refractivity contribution < 1.29 is 22.8 Å². The van der Waals surface area contributed by atoms with Crippen molar-refractivity contribution in [3.8, 4) is 0 Å². The van der Waals surface area contributed by atoms with Gasteiger partial charge in [0.15, 0.2) is 0 Å². The maximum atomic E-state index is 12.7. The largest absolute Gasteiger partial charge is 0.417 e. The van der Waals surface area contributed by atoms with Crippen LogP contribution in [0.4, 0.5) is 13.2 Å². The predicted molar refractivity (Wildman–Crippen MR) is 74.3 cm³/mol. The molecule has 0 saturated carbocycles. The summed E-state index contributed by atoms with van der Waals surface area (Å²) in [5.41, 5.74) is -0.945. The molecule has 0 aromatic heterocycles. The van der Waals surface area contributed by atoms with Crippen molar-refractivity contribution in [2.24, 2.45) is 0 Å². The van der Waals surface area contributed by atoms with E-state index in [0.29, 0.717) is 0 Å². The van der Waals surface area contributed by atoms with Gasteiger partial charge in [-0.05, 0) is 18.2 Å². The molecule has 0 spiro atoms. The van der Waals surface area contributed by atoms with Crippen LogP contribution in [0, 0.1) is 0 Å². The molecular formula is C12H12ClF3N2O2S. The van der Waals surface area contributed by atoms with Crippen LogP contribution >= 0.6 is 23.4 Å². The van der Waals surface area contributed by atoms with E-state index in [-0.39, 0.29) is 23.1 Å². The second-order valence-corrected chi connectivity index (χ2v) is 5.33. The summed E-state index contributed by atoms with van der Waals surface area (Å²) in [6.07, 6.45) is -4.55. The topological polar surface area (TPSA) is 58.2 Å². The minimum Gasteiger partial charge on any atom is -0.358 e. The molecular weight excluding hydrogens is 329 g/mol. The number of carbonyl (C=O) groups is 2. The Morgan fingerprint density at radius 3 is 2.52 bits per heavy atom. The van der Waals surface area contributed by atoms with E-state index in [0.717, 1.165) is 23.9 Å². The van der Waals surface area contributed by atoms with Crippen molar-refractivity contribution in [1.82, 2.24) is 10.6 Å². The van der Waals surface area contributed by atoms with E-state index in [1.54, 1.807) is 0 Å². The Hall–Kier alpha value is -1.41. The first-order valence-electron chi connectivity index (χ1n) is 5.71. The SMILES string of the molecule is CNC(=O)CNC(=O)CSc1ccc(Cl)c(C(F)(F)F)c1. The molecule has 0 fully saturated rings. The third kappa shape index (κ3) is 5.84. The standard InChI is InChI=1S/C12H12ClF3N2O2S/c1-17-10(19)5-18-11(20)6-21-7-2-3-9(13)8(4-7)12(14,15)16/h2-4H,5-6H2,1H3,(H,17,19)(H,18,20). The van der Waals surface area contributed by atoms with Crippen molar-refractivity contribution in [2.45, 2.75) is 11.1 Å². The summed E-state index contributed by atoms with van der Waals surface area (Å²) in [4.78, 5) is 22.6. The lowest BCUT2D eigenvalue weighted by Crippen LogP contribution is -2.35. The highest BCUT2D eigenvalue weighted by Crippen LogP contribution is 2.36. The van der Waals surface area contributed by atoms with E-state index in [1.165, 1.54) is 13.1 Å². The van der Waals surface area contributed by atoms with Gasteiger partial charge in [-0.3, -0.25) is 9.59 Å². The third-order valence-electron chi connectivity index (χ3n) is 2.34. The van der Waals surface area contributed by atoms with Crippen molar-refractivity contribution in [2.75, 3.05) is 19.3 Å². The molecule has 0 atom stereocenters. The summed E-state index contributed by atoms with van der Waals surface area (Å²) in [5.74, 6) is -0.915. The minimum atomic E-state index is -4.55. The van der Waals surface area contributed by atoms with Gasteiger partial charge < -0.3 is 10.6 Å². The van der Waals surface area contributed by atoms with Gasteiger partial charge in [0.05, 0.1) is 22.9 Å². The second kappa shape index (κ2) is 7.56. The predicted octanol–water partition coefficient (Wildman–Crippen LogP) is 2.31. The maximum Gasteiger partial charge on any atom is 0.417 e. The average molecular weight is 341 g/mol. The molecule has 2 amide bonds. The quantitative estimate of drug-likeness (QED) is 0.809. The zero-order chi connectivity index (χ0) is 16.0. The first-order chi connectivity index (χ1) is 9.74. The van der Waals surface area contributed by atoms with Crippen LogP contribution in [0.5, 0.6) is 0 Å². The van der Waals surface area contributed by atoms with Crippen LogP contribution in [0.25, 0.3) is 0 Å². The Morgan fingerprint density at radius 1 is 1.29 bits per heavy atom. The van der Waals surface area contributed by atoms with Crippen LogP contribution in [0.1, 0.15) is 5.56 Å². The molecule has 1 aromatic rings. The Balaban J connectivity index is 2.60. The van der Waals surface area contributed by atoms with E-state index in [4.69, 9.17) is 11.6 Å². The summed E-state index contributed by atoms with van der Waals surface area (Å²) >= 11 is 6.42. The van der Waals surface area contributed by atoms with Crippen LogP contribution in [0.15, 0.2) is 23.1 Å². The number of amides is 2. The summed E-state index contributed by atoms with van der Waals surface area (Å²) in [5, 5.41) is 4.27. The summed E-state index contributed by atoms with van der Waals surface area (Å²) in [6, 6.07) is 3.42. The average Bonchev–Trinajstić information content (AvgIpc) is 2.42. The molecule has 0 heterocycles. The Labute approximate surface area is 128 Å². The van der Waals surface area contributed by atoms with E-state index < -0.39 is 22.7 Å². The van der Waals surface area contributed by atoms with Gasteiger partial charge in [-0.15, -0.1) is 11.8 Å². The lowest BCUT2D eigenvalue weighted by atomic mass is 10.2. The van der Waals surface area contributed by atoms with E-state index in [9.17, 15) is 22.8 Å². The van der Waals surface area contributed by atoms with Gasteiger partial charge in [0.1, 0.15) is 0 Å². The number of benzene rings is 1. The molecule has 0 bridgehead atoms. The molecule has 9 heteroatoms. The fourth-order valence-electron chi connectivity index (χ4n) is 1.28. The summed E-state index contributed by atoms with van der Waals surface area (Å²) < 4.78 is 38.0. The normalized spacial score (nSPS) is 11.1. The zero-order valence-electron chi connectivity index (χ0n) is 10.9. The van der Waals surface area contributed by atoms with E-state index >= 15 is 0 Å². The number of alkyl halides is 3. The van der Waals surface area contributed by atoms with E-state index in [1.807, 2.05) is 0 Å². The fraction of sp³-hybridized carbons (Fsp3) is 0.333. The molecule has 0 aliphatic rings. The molecule has 0 aliphatic carbocycles. The number of carbonyl (C=O) groups excluding carboxylic acids is 2. The number of likely N-dealkylation sites (N-methyl/N-ethyl adjacent to an activating group) is 1. The van der Waals surface area contributed by atoms with Crippen LogP contribution in [0.3, 0.4) is 0 Å². The molecule has 1 aromatic carbocycles. The fourth-order valence-corrected chi connectivity index (χ4v) is 2.27. The third-order valence-corrected chi connectivity index (χ3v) is 3.66. The molecule has 4 nitrogen and oxygen atoms in total. The summed E-state index contributed by atoms with van der Waals surface area (Å²) in [6.45, 7) is -0.176. The minimum absolute atomic E-state index is 0.101. The monoisotopic (exact) mass is 340 g/mol. The first kappa shape index (κ1) is 17.6. The summed E-state index contributed by atoms with van der Waals surface area (Å²) in [7, 11) is 1.43. The van der Waals surface area contributed by atoms with Crippen LogP contribution in [-0.4, -0.2) is 31.2 Å². The lowest BCUT2D eigenvalue weighted by molar-refractivity contribution is -0.137. The highest BCUT2D eigenvalue weighted by atomic mass is 35.5. The number of hydrogen-bond acceptors (Lipinski definition) is 3. The molecule has 0 radical (unpaired) electrons. The number of rotatable bonds is 5. The van der Waals surface area contributed by atoms with Gasteiger partial charge in [-0.1, -0.05) is 11.6 Å². The lowest BCUT2D eigenvalue weighted by Gasteiger charge is -2.10. The molecule has 1 rings (SSSR count). The molecule has 0 unspecified atom stereocenters. The van der Waals surface area contributed by atoms with Crippen molar-refractivity contribution >= 4 is 35.2 Å². The van der Waals surface area contributed by atoms with Gasteiger partial charge in [0, 0.05) is 11.9 Å². The van der Waals surface area contributed by atoms with Crippen LogP contribution in [-0.2, 0) is 15.8 Å². The van der Waals surface area contributed by atoms with Crippen molar-refractivity contribution in [3.05, 3.63) is 28.8 Å². The molecule has 21 heavy (non-hydrogen) atoms. The number of thioether (sulfide) groups is 1. The van der Waals surface area contributed by atoms with Gasteiger partial charge in [0.2, 0.25) is 11.8 Å². The van der Waals surface area contributed by atoms with Crippen LogP contribution in [0.2, 0.25) is 5.02 Å². The Morgan fingerprint density at radius 2 is 1.95 bits per heavy atom. The van der Waals surface area contributed by atoms with Crippen molar-refractivity contribution in [1.29, 1.82) is 0 Å². The Kier molecular flexibility index (Phi) is 6.35. The van der Waals surface area contributed by atoms with Crippen LogP contribution < -0.4 is 10.6 Å². The number of nitrogens with one attached hydrogen (secondary N) is 2. The van der Waals surface area contributed by atoms with E-state index in [2.05, 4.69) is 10.6 Å². The molecule has 0 aliphatic heterocycles. The van der Waals surface area contributed by atoms with Gasteiger partial charge in [-0.2, -0.15) is 13.2 Å². The maximum absolute atomic E-state index is 12.7. The highest BCUT2D eigenvalue weighted by Gasteiger charge is 2.33. The second-order valence-electron chi connectivity index (χ2n) is 3.88. The van der Waals surface area contributed by atoms with Crippen molar-refractivity contribution in [3.63, 3.8) is 0 Å². The Bertz CT molecular complexity index is 538. The molecule has 116 valence electrons. The van der Waals surface area contributed by atoms with Gasteiger partial charge in [0.25, 0.3) is 0 Å². The van der Waals surface area contributed by atoms with Gasteiger partial charge >= 0.3 is 6.18 Å². The zero-order valence-corrected chi connectivity index (χ0v) is 12.5. The molecule has 0 saturated heterocycles. The number of halogens is 4. The highest BCUT2D eigenvalue weighted by molar-refractivity contribution is 8.00. The first-order valence-corrected chi connectivity index (χ1v) is 7.07.